The van der Waals surface area contributed by atoms with E-state index in [1.807, 2.05) is 0 Å². The molecule has 2 heterocycles. The monoisotopic (exact) mass is 470 g/mol. The molecule has 3 aromatic rings. The predicted octanol–water partition coefficient (Wildman–Crippen LogP) is -0.149. The van der Waals surface area contributed by atoms with Crippen LogP contribution in [-0.2, 0) is 9.53 Å². The number of aromatic amines is 1. The number of rotatable bonds is 6. The molecule has 4 N–H and O–H groups in total. The van der Waals surface area contributed by atoms with Gasteiger partial charge in [-0.15, -0.1) is 0 Å². The third kappa shape index (κ3) is 3.80. The van der Waals surface area contributed by atoms with E-state index in [0.29, 0.717) is 10.8 Å². The van der Waals surface area contributed by atoms with E-state index in [1.54, 1.807) is 29.2 Å². The number of H-pyrrole nitrogens is 1. The average Bonchev–Trinajstić information content (AvgIpc) is 3.12. The second kappa shape index (κ2) is 8.88. The maximum absolute atomic E-state index is 13.9. The lowest BCUT2D eigenvalue weighted by Crippen LogP contribution is -2.57. The second-order valence-corrected chi connectivity index (χ2v) is 7.73. The predicted molar refractivity (Wildman–Crippen MR) is 113 cm³/mol. The van der Waals surface area contributed by atoms with E-state index >= 15 is 0 Å². The van der Waals surface area contributed by atoms with Gasteiger partial charge in [-0.3, -0.25) is 23.9 Å². The molecule has 11 heteroatoms. The lowest BCUT2D eigenvalue weighted by atomic mass is 9.81. The summed E-state index contributed by atoms with van der Waals surface area (Å²) in [6.45, 7) is 0. The number of aliphatic hydroxyl groups excluding tert-OH is 2. The number of ketones is 2. The topological polar surface area (TPSA) is 159 Å². The third-order valence-electron chi connectivity index (χ3n) is 5.64. The highest BCUT2D eigenvalue weighted by Gasteiger charge is 2.64. The lowest BCUT2D eigenvalue weighted by molar-refractivity contribution is -0.148. The van der Waals surface area contributed by atoms with Crippen LogP contribution in [0.2, 0.25) is 0 Å². The van der Waals surface area contributed by atoms with Gasteiger partial charge in [0.25, 0.3) is 5.56 Å². The smallest absolute Gasteiger partial charge is 0.330 e. The fraction of sp³-hybridized carbons (Fsp3) is 0.217. The van der Waals surface area contributed by atoms with E-state index in [9.17, 15) is 38.9 Å². The highest BCUT2D eigenvalue weighted by molar-refractivity contribution is 6.07. The molecule has 0 amide bonds. The molecular weight excluding hydrogens is 451 g/mol. The van der Waals surface area contributed by atoms with Gasteiger partial charge in [-0.25, -0.2) is 4.79 Å². The van der Waals surface area contributed by atoms with Gasteiger partial charge in [-0.2, -0.15) is 4.39 Å². The molecule has 176 valence electrons. The Morgan fingerprint density at radius 1 is 1.06 bits per heavy atom. The van der Waals surface area contributed by atoms with Crippen LogP contribution in [0.1, 0.15) is 28.3 Å². The normalized spacial score (nSPS) is 25.1. The fourth-order valence-corrected chi connectivity index (χ4v) is 3.86. The largest absolute Gasteiger partial charge is 0.385 e. The van der Waals surface area contributed by atoms with Crippen LogP contribution in [0.3, 0.4) is 0 Å². The zero-order chi connectivity index (χ0) is 24.6. The first-order valence-corrected chi connectivity index (χ1v) is 10.1. The number of nitrogens with zero attached hydrogens (tertiary/aromatic N) is 1. The van der Waals surface area contributed by atoms with Crippen molar-refractivity contribution in [2.45, 2.75) is 30.1 Å². The van der Waals surface area contributed by atoms with Crippen molar-refractivity contribution in [3.05, 3.63) is 105 Å². The maximum atomic E-state index is 13.9. The maximum Gasteiger partial charge on any atom is 0.330 e. The van der Waals surface area contributed by atoms with E-state index in [4.69, 9.17) is 4.74 Å². The van der Waals surface area contributed by atoms with Gasteiger partial charge in [-0.05, 0) is 5.56 Å². The number of benzene rings is 2. The summed E-state index contributed by atoms with van der Waals surface area (Å²) in [7, 11) is 0. The second-order valence-electron chi connectivity index (χ2n) is 7.73. The van der Waals surface area contributed by atoms with Crippen molar-refractivity contribution >= 4 is 11.6 Å². The van der Waals surface area contributed by atoms with Gasteiger partial charge < -0.3 is 20.1 Å². The van der Waals surface area contributed by atoms with Gasteiger partial charge in [0.15, 0.2) is 29.5 Å². The highest BCUT2D eigenvalue weighted by atomic mass is 19.1. The summed E-state index contributed by atoms with van der Waals surface area (Å²) in [6, 6.07) is 14.8. The molecule has 0 saturated carbocycles. The third-order valence-corrected chi connectivity index (χ3v) is 5.64. The quantitative estimate of drug-likeness (QED) is 0.362. The number of aromatic nitrogens is 2. The summed E-state index contributed by atoms with van der Waals surface area (Å²) < 4.78 is 19.7. The van der Waals surface area contributed by atoms with Crippen molar-refractivity contribution in [3.63, 3.8) is 0 Å². The van der Waals surface area contributed by atoms with Gasteiger partial charge in [0.1, 0.15) is 12.2 Å². The standard InChI is InChI=1S/C23H19FN2O8/c24-14-11-26(22(32)25-20(14)31)21-18(30)23(33,17(29)13-9-5-2-6-10-13)19(34-21)16(28)15(27)12-7-3-1-4-8-12/h1-11,15,18-19,21,27,30,33H,(H,25,31,32)/t15?,18-,19+,21+,23+/m0/s1. The number of nitrogens with one attached hydrogen (secondary N) is 1. The van der Waals surface area contributed by atoms with Crippen LogP contribution >= 0.6 is 0 Å². The van der Waals surface area contributed by atoms with Crippen LogP contribution in [0.25, 0.3) is 0 Å². The molecule has 10 nitrogen and oxygen atoms in total. The Labute approximate surface area is 190 Å². The van der Waals surface area contributed by atoms with Crippen LogP contribution in [-0.4, -0.2) is 54.2 Å². The molecule has 1 saturated heterocycles. The van der Waals surface area contributed by atoms with Crippen molar-refractivity contribution in [3.8, 4) is 0 Å². The molecule has 2 aromatic carbocycles. The summed E-state index contributed by atoms with van der Waals surface area (Å²) in [6.07, 6.45) is -7.81. The Morgan fingerprint density at radius 2 is 1.65 bits per heavy atom. The Kier molecular flexibility index (Phi) is 6.11. The molecular formula is C23H19FN2O8. The van der Waals surface area contributed by atoms with Gasteiger partial charge in [-0.1, -0.05) is 60.7 Å². The van der Waals surface area contributed by atoms with E-state index in [1.165, 1.54) is 36.4 Å². The number of carbonyl (C=O) groups is 2. The van der Waals surface area contributed by atoms with E-state index in [-0.39, 0.29) is 11.1 Å². The molecule has 0 bridgehead atoms. The van der Waals surface area contributed by atoms with Crippen LogP contribution in [0.15, 0.2) is 76.4 Å². The number of halogens is 1. The molecule has 1 aliphatic heterocycles. The summed E-state index contributed by atoms with van der Waals surface area (Å²) in [5.74, 6) is -3.72. The molecule has 34 heavy (non-hydrogen) atoms. The molecule has 0 spiro atoms. The summed E-state index contributed by atoms with van der Waals surface area (Å²) in [5.41, 5.74) is -5.50. The van der Waals surface area contributed by atoms with Crippen molar-refractivity contribution in [2.24, 2.45) is 0 Å². The van der Waals surface area contributed by atoms with Crippen LogP contribution < -0.4 is 11.2 Å². The first-order chi connectivity index (χ1) is 16.2. The van der Waals surface area contributed by atoms with E-state index in [0.717, 1.165) is 0 Å². The van der Waals surface area contributed by atoms with E-state index < -0.39 is 58.8 Å². The number of carbonyl (C=O) groups excluding carboxylic acids is 2. The Morgan fingerprint density at radius 3 is 2.26 bits per heavy atom. The lowest BCUT2D eigenvalue weighted by Gasteiger charge is -2.29. The molecule has 1 unspecified atom stereocenters. The Bertz CT molecular complexity index is 1340. The van der Waals surface area contributed by atoms with Gasteiger partial charge >= 0.3 is 5.69 Å². The van der Waals surface area contributed by atoms with E-state index in [2.05, 4.69) is 0 Å². The summed E-state index contributed by atoms with van der Waals surface area (Å²) in [5, 5.41) is 33.0. The highest BCUT2D eigenvalue weighted by Crippen LogP contribution is 2.41. The van der Waals surface area contributed by atoms with Gasteiger partial charge in [0, 0.05) is 5.56 Å². The Hall–Kier alpha value is -3.77. The minimum atomic E-state index is -2.97. The number of aliphatic hydroxyl groups is 3. The SMILES string of the molecule is O=C(C(O)c1ccccc1)[C@H]1O[C@@H](n2cc(F)c(=O)[nH]c2=O)[C@H](O)[C@]1(O)C(=O)c1ccccc1. The summed E-state index contributed by atoms with van der Waals surface area (Å²) >= 11 is 0. The molecule has 1 aromatic heterocycles. The van der Waals surface area contributed by atoms with Crippen molar-refractivity contribution in [2.75, 3.05) is 0 Å². The van der Waals surface area contributed by atoms with Crippen LogP contribution in [0.4, 0.5) is 4.39 Å². The average molecular weight is 470 g/mol. The summed E-state index contributed by atoms with van der Waals surface area (Å²) in [4.78, 5) is 51.8. The Balaban J connectivity index is 1.82. The van der Waals surface area contributed by atoms with Gasteiger partial charge in [0.2, 0.25) is 5.82 Å². The first-order valence-electron chi connectivity index (χ1n) is 10.1. The zero-order valence-electron chi connectivity index (χ0n) is 17.4. The number of ether oxygens (including phenoxy) is 1. The minimum absolute atomic E-state index is 0.0969. The van der Waals surface area contributed by atoms with Gasteiger partial charge in [0.05, 0.1) is 6.20 Å². The first kappa shape index (κ1) is 23.4. The molecule has 4 rings (SSSR count). The molecule has 0 radical (unpaired) electrons. The zero-order valence-corrected chi connectivity index (χ0v) is 17.4. The molecule has 5 atom stereocenters. The molecule has 1 fully saturated rings. The van der Waals surface area contributed by atoms with Crippen LogP contribution in [0, 0.1) is 5.82 Å². The number of Topliss-reactive ketones (excluding diaryl/α,β-unsaturated/α-hetero) is 2. The van der Waals surface area contributed by atoms with Crippen LogP contribution in [0.5, 0.6) is 0 Å². The fourth-order valence-electron chi connectivity index (χ4n) is 3.86. The van der Waals surface area contributed by atoms with Crippen molar-refractivity contribution in [1.29, 1.82) is 0 Å². The van der Waals surface area contributed by atoms with Crippen molar-refractivity contribution in [1.82, 2.24) is 9.55 Å². The number of hydrogen-bond acceptors (Lipinski definition) is 8. The minimum Gasteiger partial charge on any atom is -0.385 e. The molecule has 0 aliphatic carbocycles. The number of hydrogen-bond donors (Lipinski definition) is 4. The molecule has 1 aliphatic rings. The van der Waals surface area contributed by atoms with Crippen molar-refractivity contribution < 1.29 is 34.0 Å².